The van der Waals surface area contributed by atoms with Crippen LogP contribution in [-0.4, -0.2) is 27.8 Å². The van der Waals surface area contributed by atoms with Crippen molar-refractivity contribution in [1.29, 1.82) is 0 Å². The summed E-state index contributed by atoms with van der Waals surface area (Å²) in [5.41, 5.74) is 1.88. The summed E-state index contributed by atoms with van der Waals surface area (Å²) in [5.74, 6) is 0.794. The zero-order chi connectivity index (χ0) is 12.5. The molecule has 0 spiro atoms. The van der Waals surface area contributed by atoms with Crippen molar-refractivity contribution in [3.8, 4) is 0 Å². The molecular weight excluding hydrogens is 210 g/mol. The average Bonchev–Trinajstić information content (AvgIpc) is 2.67. The van der Waals surface area contributed by atoms with E-state index in [1.165, 1.54) is 31.5 Å². The Bertz CT molecular complexity index is 359. The van der Waals surface area contributed by atoms with E-state index < -0.39 is 0 Å². The molecule has 0 atom stereocenters. The molecule has 17 heavy (non-hydrogen) atoms. The van der Waals surface area contributed by atoms with Gasteiger partial charge in [-0.15, -0.1) is 0 Å². The summed E-state index contributed by atoms with van der Waals surface area (Å²) in [5, 5.41) is 4.23. The lowest BCUT2D eigenvalue weighted by molar-refractivity contribution is 0.0742. The number of aromatic nitrogens is 2. The molecule has 0 aromatic carbocycles. The fourth-order valence-corrected chi connectivity index (χ4v) is 2.61. The predicted octanol–water partition coefficient (Wildman–Crippen LogP) is 2.68. The van der Waals surface area contributed by atoms with Crippen LogP contribution < -0.4 is 0 Å². The molecule has 2 heterocycles. The molecule has 0 N–H and O–H groups in total. The van der Waals surface area contributed by atoms with Gasteiger partial charge < -0.3 is 0 Å². The van der Waals surface area contributed by atoms with E-state index in [1.807, 2.05) is 17.9 Å². The van der Waals surface area contributed by atoms with Crippen LogP contribution >= 0.6 is 0 Å². The monoisotopic (exact) mass is 235 g/mol. The minimum absolute atomic E-state index is 0.547. The molecule has 0 bridgehead atoms. The molecule has 0 aliphatic carbocycles. The molecule has 3 nitrogen and oxygen atoms in total. The maximum atomic E-state index is 4.23. The lowest BCUT2D eigenvalue weighted by atomic mass is 9.72. The molecule has 0 saturated carbocycles. The molecule has 1 fully saturated rings. The minimum atomic E-state index is 0.547. The Morgan fingerprint density at radius 2 is 2.00 bits per heavy atom. The Kier molecular flexibility index (Phi) is 3.57. The van der Waals surface area contributed by atoms with Gasteiger partial charge in [0, 0.05) is 25.4 Å². The summed E-state index contributed by atoms with van der Waals surface area (Å²) < 4.78 is 1.89. The molecule has 1 saturated heterocycles. The van der Waals surface area contributed by atoms with Crippen LogP contribution in [0.15, 0.2) is 12.4 Å². The van der Waals surface area contributed by atoms with Crippen LogP contribution in [0.2, 0.25) is 0 Å². The molecule has 96 valence electrons. The van der Waals surface area contributed by atoms with Gasteiger partial charge in [0.1, 0.15) is 0 Å². The third kappa shape index (κ3) is 2.89. The van der Waals surface area contributed by atoms with Crippen molar-refractivity contribution < 1.29 is 0 Å². The first kappa shape index (κ1) is 12.6. The first-order chi connectivity index (χ1) is 7.99. The summed E-state index contributed by atoms with van der Waals surface area (Å²) in [6, 6.07) is 0. The molecule has 1 aromatic heterocycles. The van der Waals surface area contributed by atoms with Gasteiger partial charge >= 0.3 is 0 Å². The van der Waals surface area contributed by atoms with Crippen molar-refractivity contribution in [2.24, 2.45) is 18.4 Å². The molecular formula is C14H25N3. The van der Waals surface area contributed by atoms with E-state index >= 15 is 0 Å². The van der Waals surface area contributed by atoms with Crippen molar-refractivity contribution in [3.05, 3.63) is 18.0 Å². The summed E-state index contributed by atoms with van der Waals surface area (Å²) in [7, 11) is 1.98. The number of hydrogen-bond donors (Lipinski definition) is 0. The maximum absolute atomic E-state index is 4.23. The lowest BCUT2D eigenvalue weighted by Gasteiger charge is -2.42. The number of rotatable bonds is 3. The second-order valence-electron chi connectivity index (χ2n) is 6.11. The average molecular weight is 235 g/mol. The summed E-state index contributed by atoms with van der Waals surface area (Å²) >= 11 is 0. The summed E-state index contributed by atoms with van der Waals surface area (Å²) in [6.45, 7) is 10.7. The molecule has 0 radical (unpaired) electrons. The lowest BCUT2D eigenvalue weighted by Crippen LogP contribution is -2.40. The Hall–Kier alpha value is -0.830. The van der Waals surface area contributed by atoms with Gasteiger partial charge in [0.15, 0.2) is 0 Å². The Morgan fingerprint density at radius 1 is 1.35 bits per heavy atom. The van der Waals surface area contributed by atoms with E-state index in [9.17, 15) is 0 Å². The van der Waals surface area contributed by atoms with E-state index in [4.69, 9.17) is 0 Å². The Morgan fingerprint density at radius 3 is 2.47 bits per heavy atom. The van der Waals surface area contributed by atoms with E-state index in [1.54, 1.807) is 0 Å². The van der Waals surface area contributed by atoms with Gasteiger partial charge in [-0.1, -0.05) is 20.8 Å². The highest BCUT2D eigenvalue weighted by Crippen LogP contribution is 2.38. The van der Waals surface area contributed by atoms with E-state index in [0.29, 0.717) is 5.41 Å². The van der Waals surface area contributed by atoms with Crippen molar-refractivity contribution in [1.82, 2.24) is 14.7 Å². The highest BCUT2D eigenvalue weighted by atomic mass is 15.2. The predicted molar refractivity (Wildman–Crippen MR) is 70.7 cm³/mol. The van der Waals surface area contributed by atoms with Crippen LogP contribution in [0.1, 0.15) is 39.2 Å². The second kappa shape index (κ2) is 4.81. The summed E-state index contributed by atoms with van der Waals surface area (Å²) in [6.07, 6.45) is 6.75. The van der Waals surface area contributed by atoms with Gasteiger partial charge in [0.2, 0.25) is 0 Å². The standard InChI is InChI=1S/C14H25N3/c1-12(2)14(3)5-7-17(8-6-14)11-13-9-15-16(4)10-13/h9-10,12H,5-8,11H2,1-4H3. The van der Waals surface area contributed by atoms with Crippen molar-refractivity contribution >= 4 is 0 Å². The zero-order valence-electron chi connectivity index (χ0n) is 11.6. The molecule has 1 aromatic rings. The van der Waals surface area contributed by atoms with Crippen LogP contribution in [0.3, 0.4) is 0 Å². The van der Waals surface area contributed by atoms with E-state index in [2.05, 4.69) is 37.0 Å². The van der Waals surface area contributed by atoms with Crippen LogP contribution in [0.25, 0.3) is 0 Å². The van der Waals surface area contributed by atoms with Gasteiger partial charge in [-0.25, -0.2) is 0 Å². The molecule has 1 aliphatic heterocycles. The molecule has 0 amide bonds. The first-order valence-corrected chi connectivity index (χ1v) is 6.69. The first-order valence-electron chi connectivity index (χ1n) is 6.69. The van der Waals surface area contributed by atoms with Crippen molar-refractivity contribution in [2.75, 3.05) is 13.1 Å². The van der Waals surface area contributed by atoms with Gasteiger partial charge in [-0.05, 0) is 37.3 Å². The largest absolute Gasteiger partial charge is 0.299 e. The SMILES string of the molecule is CC(C)C1(C)CCN(Cc2cnn(C)c2)CC1. The van der Waals surface area contributed by atoms with Crippen LogP contribution in [0.4, 0.5) is 0 Å². The molecule has 2 rings (SSSR count). The summed E-state index contributed by atoms with van der Waals surface area (Å²) in [4.78, 5) is 2.56. The molecule has 1 aliphatic rings. The normalized spacial score (nSPS) is 21.0. The Balaban J connectivity index is 1.87. The third-order valence-electron chi connectivity index (χ3n) is 4.56. The van der Waals surface area contributed by atoms with E-state index in [0.717, 1.165) is 12.5 Å². The van der Waals surface area contributed by atoms with Crippen LogP contribution in [-0.2, 0) is 13.6 Å². The van der Waals surface area contributed by atoms with Crippen LogP contribution in [0.5, 0.6) is 0 Å². The highest BCUT2D eigenvalue weighted by molar-refractivity contribution is 5.03. The number of aryl methyl sites for hydroxylation is 1. The zero-order valence-corrected chi connectivity index (χ0v) is 11.6. The molecule has 3 heteroatoms. The van der Waals surface area contributed by atoms with Crippen LogP contribution in [0, 0.1) is 11.3 Å². The van der Waals surface area contributed by atoms with Crippen molar-refractivity contribution in [2.45, 2.75) is 40.2 Å². The number of likely N-dealkylation sites (tertiary alicyclic amines) is 1. The van der Waals surface area contributed by atoms with E-state index in [-0.39, 0.29) is 0 Å². The highest BCUT2D eigenvalue weighted by Gasteiger charge is 2.32. The second-order valence-corrected chi connectivity index (χ2v) is 6.11. The number of piperidine rings is 1. The van der Waals surface area contributed by atoms with Gasteiger partial charge in [-0.2, -0.15) is 5.10 Å². The quantitative estimate of drug-likeness (QED) is 0.803. The minimum Gasteiger partial charge on any atom is -0.299 e. The van der Waals surface area contributed by atoms with Crippen molar-refractivity contribution in [3.63, 3.8) is 0 Å². The maximum Gasteiger partial charge on any atom is 0.0534 e. The number of hydrogen-bond acceptors (Lipinski definition) is 2. The number of nitrogens with zero attached hydrogens (tertiary/aromatic N) is 3. The third-order valence-corrected chi connectivity index (χ3v) is 4.56. The van der Waals surface area contributed by atoms with Gasteiger partial charge in [0.05, 0.1) is 6.20 Å². The topological polar surface area (TPSA) is 21.1 Å². The Labute approximate surface area is 105 Å². The van der Waals surface area contributed by atoms with Gasteiger partial charge in [-0.3, -0.25) is 9.58 Å². The van der Waals surface area contributed by atoms with Gasteiger partial charge in [0.25, 0.3) is 0 Å². The fraction of sp³-hybridized carbons (Fsp3) is 0.786. The smallest absolute Gasteiger partial charge is 0.0534 e. The fourth-order valence-electron chi connectivity index (χ4n) is 2.61. The molecule has 0 unspecified atom stereocenters.